The Morgan fingerprint density at radius 3 is 2.78 bits per heavy atom. The minimum Gasteiger partial charge on any atom is -0.385 e. The van der Waals surface area contributed by atoms with E-state index >= 15 is 0 Å². The number of nitrogens with zero attached hydrogens (tertiary/aromatic N) is 1. The summed E-state index contributed by atoms with van der Waals surface area (Å²) >= 11 is 0. The van der Waals surface area contributed by atoms with Crippen LogP contribution in [-0.2, 0) is 14.3 Å². The van der Waals surface area contributed by atoms with Crippen molar-refractivity contribution in [1.29, 1.82) is 0 Å². The van der Waals surface area contributed by atoms with Crippen molar-refractivity contribution in [2.75, 3.05) is 20.3 Å². The fraction of sp³-hybridized carbons (Fsp3) is 0.846. The van der Waals surface area contributed by atoms with Crippen LogP contribution in [0.1, 0.15) is 32.6 Å². The predicted molar refractivity (Wildman–Crippen MR) is 66.9 cm³/mol. The van der Waals surface area contributed by atoms with Crippen LogP contribution < -0.4 is 5.32 Å². The highest BCUT2D eigenvalue weighted by Crippen LogP contribution is 2.34. The Morgan fingerprint density at radius 1 is 1.44 bits per heavy atom. The van der Waals surface area contributed by atoms with E-state index in [0.29, 0.717) is 25.5 Å². The monoisotopic (exact) mass is 254 g/mol. The van der Waals surface area contributed by atoms with E-state index in [2.05, 4.69) is 5.32 Å². The average Bonchev–Trinajstić information content (AvgIpc) is 3.16. The average molecular weight is 254 g/mol. The second-order valence-corrected chi connectivity index (χ2v) is 5.29. The molecule has 0 radical (unpaired) electrons. The summed E-state index contributed by atoms with van der Waals surface area (Å²) in [4.78, 5) is 25.9. The van der Waals surface area contributed by atoms with Gasteiger partial charge in [0.2, 0.25) is 11.8 Å². The molecule has 1 saturated heterocycles. The first kappa shape index (κ1) is 13.3. The molecule has 2 atom stereocenters. The lowest BCUT2D eigenvalue weighted by atomic mass is 10.1. The van der Waals surface area contributed by atoms with Gasteiger partial charge in [0, 0.05) is 32.7 Å². The summed E-state index contributed by atoms with van der Waals surface area (Å²) in [5.41, 5.74) is 0. The Labute approximate surface area is 108 Å². The molecule has 1 heterocycles. The molecule has 102 valence electrons. The largest absolute Gasteiger partial charge is 0.385 e. The molecule has 2 unspecified atom stereocenters. The predicted octanol–water partition coefficient (Wildman–Crippen LogP) is 0.538. The van der Waals surface area contributed by atoms with Crippen LogP contribution in [0.3, 0.4) is 0 Å². The summed E-state index contributed by atoms with van der Waals surface area (Å²) in [5.74, 6) is 0.449. The van der Waals surface area contributed by atoms with Crippen LogP contribution in [0.5, 0.6) is 0 Å². The summed E-state index contributed by atoms with van der Waals surface area (Å²) in [5, 5.41) is 2.87. The van der Waals surface area contributed by atoms with Crippen LogP contribution >= 0.6 is 0 Å². The van der Waals surface area contributed by atoms with Crippen LogP contribution in [0.15, 0.2) is 0 Å². The zero-order chi connectivity index (χ0) is 13.1. The number of nitrogens with one attached hydrogen (secondary N) is 1. The van der Waals surface area contributed by atoms with Crippen molar-refractivity contribution >= 4 is 11.8 Å². The lowest BCUT2D eigenvalue weighted by molar-refractivity contribution is -0.136. The maximum atomic E-state index is 12.4. The lowest BCUT2D eigenvalue weighted by Crippen LogP contribution is -2.49. The Kier molecular flexibility index (Phi) is 4.22. The number of carbonyl (C=O) groups is 2. The van der Waals surface area contributed by atoms with Crippen LogP contribution in [0.25, 0.3) is 0 Å². The molecule has 1 aliphatic heterocycles. The van der Waals surface area contributed by atoms with Crippen molar-refractivity contribution in [1.82, 2.24) is 10.2 Å². The summed E-state index contributed by atoms with van der Waals surface area (Å²) < 4.78 is 5.06. The van der Waals surface area contributed by atoms with E-state index in [1.54, 1.807) is 7.11 Å². The molecular weight excluding hydrogens is 232 g/mol. The Bertz CT molecular complexity index is 328. The highest BCUT2D eigenvalue weighted by atomic mass is 16.5. The minimum absolute atomic E-state index is 0.00157. The molecule has 2 aliphatic rings. The molecule has 2 amide bonds. The molecule has 0 bridgehead atoms. The molecule has 5 heteroatoms. The number of rotatable bonds is 5. The smallest absolute Gasteiger partial charge is 0.245 e. The van der Waals surface area contributed by atoms with Crippen molar-refractivity contribution in [2.45, 2.75) is 44.7 Å². The number of carbonyl (C=O) groups excluding carboxylic acids is 2. The van der Waals surface area contributed by atoms with E-state index < -0.39 is 0 Å². The topological polar surface area (TPSA) is 58.6 Å². The van der Waals surface area contributed by atoms with Crippen molar-refractivity contribution in [2.24, 2.45) is 5.92 Å². The van der Waals surface area contributed by atoms with Gasteiger partial charge < -0.3 is 15.0 Å². The van der Waals surface area contributed by atoms with E-state index in [-0.39, 0.29) is 23.9 Å². The molecule has 0 aromatic heterocycles. The number of amides is 2. The van der Waals surface area contributed by atoms with Crippen LogP contribution in [0, 0.1) is 5.92 Å². The van der Waals surface area contributed by atoms with Crippen molar-refractivity contribution in [3.05, 3.63) is 0 Å². The molecule has 0 aromatic carbocycles. The minimum atomic E-state index is -0.287. The van der Waals surface area contributed by atoms with Gasteiger partial charge in [0.15, 0.2) is 0 Å². The van der Waals surface area contributed by atoms with Crippen LogP contribution in [0.4, 0.5) is 0 Å². The van der Waals surface area contributed by atoms with Gasteiger partial charge in [-0.3, -0.25) is 9.59 Å². The quantitative estimate of drug-likeness (QED) is 0.779. The number of methoxy groups -OCH3 is 1. The second-order valence-electron chi connectivity index (χ2n) is 5.29. The molecule has 5 nitrogen and oxygen atoms in total. The molecule has 18 heavy (non-hydrogen) atoms. The molecule has 1 N–H and O–H groups in total. The molecule has 1 saturated carbocycles. The van der Waals surface area contributed by atoms with Crippen LogP contribution in [0.2, 0.25) is 0 Å². The zero-order valence-electron chi connectivity index (χ0n) is 11.1. The van der Waals surface area contributed by atoms with E-state index in [9.17, 15) is 9.59 Å². The molecule has 1 aliphatic carbocycles. The Morgan fingerprint density at radius 2 is 2.17 bits per heavy atom. The third-order valence-corrected chi connectivity index (χ3v) is 3.81. The third kappa shape index (κ3) is 3.02. The molecule has 0 aromatic rings. The number of hydrogen-bond donors (Lipinski definition) is 1. The fourth-order valence-corrected chi connectivity index (χ4v) is 2.45. The van der Waals surface area contributed by atoms with Crippen molar-refractivity contribution in [3.8, 4) is 0 Å². The van der Waals surface area contributed by atoms with Gasteiger partial charge in [-0.25, -0.2) is 0 Å². The zero-order valence-corrected chi connectivity index (χ0v) is 11.1. The van der Waals surface area contributed by atoms with Crippen molar-refractivity contribution < 1.29 is 14.3 Å². The van der Waals surface area contributed by atoms with Gasteiger partial charge in [-0.1, -0.05) is 0 Å². The first-order valence-corrected chi connectivity index (χ1v) is 6.72. The van der Waals surface area contributed by atoms with Gasteiger partial charge in [-0.2, -0.15) is 0 Å². The Hall–Kier alpha value is -1.10. The van der Waals surface area contributed by atoms with Gasteiger partial charge in [-0.05, 0) is 32.1 Å². The summed E-state index contributed by atoms with van der Waals surface area (Å²) in [6.07, 6.45) is 3.33. The molecule has 0 spiro atoms. The number of hydrogen-bond acceptors (Lipinski definition) is 3. The summed E-state index contributed by atoms with van der Waals surface area (Å²) in [6, 6.07) is -0.156. The molecule has 2 fully saturated rings. The maximum Gasteiger partial charge on any atom is 0.245 e. The lowest BCUT2D eigenvalue weighted by Gasteiger charge is -2.30. The van der Waals surface area contributed by atoms with Gasteiger partial charge in [0.25, 0.3) is 0 Å². The number of ether oxygens (including phenoxy) is 1. The van der Waals surface area contributed by atoms with Crippen molar-refractivity contribution in [3.63, 3.8) is 0 Å². The second kappa shape index (κ2) is 5.69. The van der Waals surface area contributed by atoms with E-state index in [1.165, 1.54) is 0 Å². The summed E-state index contributed by atoms with van der Waals surface area (Å²) in [7, 11) is 1.66. The van der Waals surface area contributed by atoms with E-state index in [1.807, 2.05) is 11.8 Å². The fourth-order valence-electron chi connectivity index (χ4n) is 2.45. The highest BCUT2D eigenvalue weighted by Gasteiger charge is 2.41. The van der Waals surface area contributed by atoms with Crippen LogP contribution in [-0.4, -0.2) is 49.1 Å². The standard InChI is InChI=1S/C13H22N2O3/c1-9(6-8-18-2)15-7-5-11(16)14-12(13(15)17)10-3-4-10/h9-10,12H,3-8H2,1-2H3,(H,14,16). The van der Waals surface area contributed by atoms with Gasteiger partial charge in [0.1, 0.15) is 6.04 Å². The van der Waals surface area contributed by atoms with E-state index in [4.69, 9.17) is 4.74 Å². The van der Waals surface area contributed by atoms with Gasteiger partial charge >= 0.3 is 0 Å². The molecular formula is C13H22N2O3. The first-order valence-electron chi connectivity index (χ1n) is 6.72. The first-order chi connectivity index (χ1) is 8.63. The Balaban J connectivity index is 2.03. The van der Waals surface area contributed by atoms with Gasteiger partial charge in [0.05, 0.1) is 0 Å². The van der Waals surface area contributed by atoms with E-state index in [0.717, 1.165) is 19.3 Å². The highest BCUT2D eigenvalue weighted by molar-refractivity contribution is 5.90. The van der Waals surface area contributed by atoms with Gasteiger partial charge in [-0.15, -0.1) is 0 Å². The normalized spacial score (nSPS) is 26.8. The SMILES string of the molecule is COCCC(C)N1CCC(=O)NC(C2CC2)C1=O. The maximum absolute atomic E-state index is 12.4. The summed E-state index contributed by atoms with van der Waals surface area (Å²) in [6.45, 7) is 3.19. The third-order valence-electron chi connectivity index (χ3n) is 3.81. The molecule has 2 rings (SSSR count).